The maximum absolute atomic E-state index is 9.27. The Morgan fingerprint density at radius 1 is 1.35 bits per heavy atom. The van der Waals surface area contributed by atoms with Crippen LogP contribution in [0.15, 0.2) is 30.3 Å². The topological polar surface area (TPSA) is 62.9 Å². The van der Waals surface area contributed by atoms with Crippen LogP contribution >= 0.6 is 11.6 Å². The van der Waals surface area contributed by atoms with Crippen molar-refractivity contribution in [3.63, 3.8) is 0 Å². The molecular weight excluding hydrogens is 312 g/mol. The Morgan fingerprint density at radius 3 is 2.83 bits per heavy atom. The number of aromatic nitrogens is 2. The van der Waals surface area contributed by atoms with Crippen LogP contribution in [0.4, 0.5) is 11.6 Å². The standard InChI is InChI=1S/C17H15ClN4O/c1-10-7-12(18)8-14(23-3)15(10)21-17-20-13-6-4-5-11(9-19)16(13)22(17)2/h4-8H,1-3H3,(H,20,21). The summed E-state index contributed by atoms with van der Waals surface area (Å²) in [6, 6.07) is 11.3. The molecule has 0 saturated carbocycles. The number of rotatable bonds is 3. The first kappa shape index (κ1) is 15.2. The van der Waals surface area contributed by atoms with E-state index in [2.05, 4.69) is 16.4 Å². The van der Waals surface area contributed by atoms with Crippen LogP contribution in [-0.4, -0.2) is 16.7 Å². The van der Waals surface area contributed by atoms with E-state index in [1.54, 1.807) is 19.2 Å². The third-order valence-electron chi connectivity index (χ3n) is 3.74. The summed E-state index contributed by atoms with van der Waals surface area (Å²) in [5, 5.41) is 13.2. The van der Waals surface area contributed by atoms with Gasteiger partial charge in [0.15, 0.2) is 0 Å². The van der Waals surface area contributed by atoms with Gasteiger partial charge in [0, 0.05) is 18.1 Å². The number of hydrogen-bond donors (Lipinski definition) is 1. The first-order valence-corrected chi connectivity index (χ1v) is 7.39. The van der Waals surface area contributed by atoms with Crippen molar-refractivity contribution in [3.05, 3.63) is 46.5 Å². The van der Waals surface area contributed by atoms with Crippen LogP contribution in [0.25, 0.3) is 11.0 Å². The highest BCUT2D eigenvalue weighted by Crippen LogP contribution is 2.34. The van der Waals surface area contributed by atoms with Gasteiger partial charge in [-0.2, -0.15) is 5.26 Å². The predicted octanol–water partition coefficient (Wildman–Crippen LogP) is 4.16. The average molecular weight is 327 g/mol. The smallest absolute Gasteiger partial charge is 0.208 e. The Bertz CT molecular complexity index is 940. The van der Waals surface area contributed by atoms with E-state index in [-0.39, 0.29) is 0 Å². The van der Waals surface area contributed by atoms with Crippen molar-refractivity contribution < 1.29 is 4.74 Å². The fraction of sp³-hybridized carbons (Fsp3) is 0.176. The van der Waals surface area contributed by atoms with Crippen molar-refractivity contribution in [2.75, 3.05) is 12.4 Å². The molecule has 1 N–H and O–H groups in total. The van der Waals surface area contributed by atoms with Crippen LogP contribution in [0.3, 0.4) is 0 Å². The average Bonchev–Trinajstić information content (AvgIpc) is 2.86. The van der Waals surface area contributed by atoms with E-state index in [1.165, 1.54) is 0 Å². The molecule has 0 aliphatic carbocycles. The number of nitrogens with zero attached hydrogens (tertiary/aromatic N) is 3. The van der Waals surface area contributed by atoms with Gasteiger partial charge in [-0.05, 0) is 30.7 Å². The molecule has 116 valence electrons. The lowest BCUT2D eigenvalue weighted by atomic mass is 10.2. The Balaban J connectivity index is 2.14. The summed E-state index contributed by atoms with van der Waals surface area (Å²) in [5.74, 6) is 1.27. The zero-order chi connectivity index (χ0) is 16.6. The monoisotopic (exact) mass is 326 g/mol. The first-order chi connectivity index (χ1) is 11.0. The number of aryl methyl sites for hydroxylation is 2. The second-order valence-electron chi connectivity index (χ2n) is 5.20. The predicted molar refractivity (Wildman–Crippen MR) is 91.5 cm³/mol. The maximum Gasteiger partial charge on any atom is 0.208 e. The van der Waals surface area contributed by atoms with Crippen LogP contribution in [0.2, 0.25) is 5.02 Å². The summed E-state index contributed by atoms with van der Waals surface area (Å²) in [6.45, 7) is 1.94. The molecule has 0 fully saturated rings. The lowest BCUT2D eigenvalue weighted by Crippen LogP contribution is -2.03. The number of para-hydroxylation sites is 1. The molecule has 0 radical (unpaired) electrons. The van der Waals surface area contributed by atoms with E-state index < -0.39 is 0 Å². The van der Waals surface area contributed by atoms with E-state index in [0.29, 0.717) is 22.3 Å². The van der Waals surface area contributed by atoms with E-state index in [4.69, 9.17) is 16.3 Å². The number of hydrogen-bond acceptors (Lipinski definition) is 4. The molecule has 0 aliphatic rings. The van der Waals surface area contributed by atoms with Gasteiger partial charge in [0.05, 0.1) is 29.4 Å². The van der Waals surface area contributed by atoms with Gasteiger partial charge in [-0.1, -0.05) is 17.7 Å². The second kappa shape index (κ2) is 5.82. The summed E-state index contributed by atoms with van der Waals surface area (Å²) in [6.07, 6.45) is 0. The van der Waals surface area contributed by atoms with Crippen LogP contribution in [-0.2, 0) is 7.05 Å². The maximum atomic E-state index is 9.27. The van der Waals surface area contributed by atoms with Crippen LogP contribution in [0.1, 0.15) is 11.1 Å². The Morgan fingerprint density at radius 2 is 2.13 bits per heavy atom. The number of halogens is 1. The van der Waals surface area contributed by atoms with Crippen LogP contribution in [0.5, 0.6) is 5.75 Å². The van der Waals surface area contributed by atoms with E-state index >= 15 is 0 Å². The first-order valence-electron chi connectivity index (χ1n) is 7.02. The molecule has 23 heavy (non-hydrogen) atoms. The van der Waals surface area contributed by atoms with Gasteiger partial charge in [0.25, 0.3) is 0 Å². The minimum absolute atomic E-state index is 0.588. The second-order valence-corrected chi connectivity index (χ2v) is 5.64. The fourth-order valence-electron chi connectivity index (χ4n) is 2.62. The molecule has 0 bridgehead atoms. The third-order valence-corrected chi connectivity index (χ3v) is 3.95. The van der Waals surface area contributed by atoms with Gasteiger partial charge in [0.1, 0.15) is 11.8 Å². The minimum Gasteiger partial charge on any atom is -0.495 e. The summed E-state index contributed by atoms with van der Waals surface area (Å²) in [4.78, 5) is 4.57. The summed E-state index contributed by atoms with van der Waals surface area (Å²) in [7, 11) is 3.47. The molecule has 3 rings (SSSR count). The highest BCUT2D eigenvalue weighted by atomic mass is 35.5. The number of nitrogens with one attached hydrogen (secondary N) is 1. The fourth-order valence-corrected chi connectivity index (χ4v) is 2.88. The van der Waals surface area contributed by atoms with Crippen LogP contribution in [0, 0.1) is 18.3 Å². The zero-order valence-corrected chi connectivity index (χ0v) is 13.8. The molecule has 1 aromatic heterocycles. The molecule has 0 spiro atoms. The lowest BCUT2D eigenvalue weighted by Gasteiger charge is -2.14. The largest absolute Gasteiger partial charge is 0.495 e. The molecule has 0 aliphatic heterocycles. The van der Waals surface area contributed by atoms with Gasteiger partial charge >= 0.3 is 0 Å². The van der Waals surface area contributed by atoms with E-state index in [1.807, 2.05) is 36.7 Å². The van der Waals surface area contributed by atoms with E-state index in [0.717, 1.165) is 22.3 Å². The quantitative estimate of drug-likeness (QED) is 0.785. The molecule has 0 amide bonds. The molecule has 3 aromatic rings. The number of anilines is 2. The molecule has 0 atom stereocenters. The lowest BCUT2D eigenvalue weighted by molar-refractivity contribution is 0.416. The van der Waals surface area contributed by atoms with Crippen LogP contribution < -0.4 is 10.1 Å². The minimum atomic E-state index is 0.588. The Labute approximate surface area is 139 Å². The number of imidazole rings is 1. The van der Waals surface area contributed by atoms with Crippen molar-refractivity contribution in [1.29, 1.82) is 5.26 Å². The van der Waals surface area contributed by atoms with Gasteiger partial charge < -0.3 is 14.6 Å². The number of benzene rings is 2. The highest BCUT2D eigenvalue weighted by molar-refractivity contribution is 6.31. The van der Waals surface area contributed by atoms with Gasteiger partial charge in [-0.25, -0.2) is 4.98 Å². The molecule has 0 saturated heterocycles. The summed E-state index contributed by atoms with van der Waals surface area (Å²) < 4.78 is 7.26. The molecular formula is C17H15ClN4O. The SMILES string of the molecule is COc1cc(Cl)cc(C)c1Nc1nc2cccc(C#N)c2n1C. The summed E-state index contributed by atoms with van der Waals surface area (Å²) in [5.41, 5.74) is 3.89. The van der Waals surface area contributed by atoms with Gasteiger partial charge in [0.2, 0.25) is 5.95 Å². The van der Waals surface area contributed by atoms with Gasteiger partial charge in [-0.3, -0.25) is 0 Å². The number of methoxy groups -OCH3 is 1. The van der Waals surface area contributed by atoms with E-state index in [9.17, 15) is 5.26 Å². The molecule has 1 heterocycles. The number of fused-ring (bicyclic) bond motifs is 1. The van der Waals surface area contributed by atoms with Gasteiger partial charge in [-0.15, -0.1) is 0 Å². The highest BCUT2D eigenvalue weighted by Gasteiger charge is 2.15. The Hall–Kier alpha value is -2.71. The van der Waals surface area contributed by atoms with Crippen molar-refractivity contribution in [2.24, 2.45) is 7.05 Å². The number of nitriles is 1. The molecule has 2 aromatic carbocycles. The molecule has 0 unspecified atom stereocenters. The zero-order valence-electron chi connectivity index (χ0n) is 13.0. The number of ether oxygens (including phenoxy) is 1. The molecule has 5 nitrogen and oxygen atoms in total. The third kappa shape index (κ3) is 2.58. The Kier molecular flexibility index (Phi) is 3.85. The summed E-state index contributed by atoms with van der Waals surface area (Å²) >= 11 is 6.07. The van der Waals surface area contributed by atoms with Crippen molar-refractivity contribution in [2.45, 2.75) is 6.92 Å². The normalized spacial score (nSPS) is 10.6. The van der Waals surface area contributed by atoms with Crippen molar-refractivity contribution >= 4 is 34.3 Å². The van der Waals surface area contributed by atoms with Crippen molar-refractivity contribution in [1.82, 2.24) is 9.55 Å². The molecule has 6 heteroatoms. The van der Waals surface area contributed by atoms with Crippen molar-refractivity contribution in [3.8, 4) is 11.8 Å².